The van der Waals surface area contributed by atoms with Gasteiger partial charge in [0.25, 0.3) is 0 Å². The van der Waals surface area contributed by atoms with Crippen molar-refractivity contribution in [3.8, 4) is 0 Å². The minimum absolute atomic E-state index is 0.664. The van der Waals surface area contributed by atoms with Gasteiger partial charge in [-0.3, -0.25) is 0 Å². The Morgan fingerprint density at radius 2 is 2.44 bits per heavy atom. The zero-order chi connectivity index (χ0) is 11.2. The highest BCUT2D eigenvalue weighted by Gasteiger charge is 2.16. The molecule has 1 saturated heterocycles. The zero-order valence-corrected chi connectivity index (χ0v) is 10.6. The summed E-state index contributed by atoms with van der Waals surface area (Å²) >= 11 is 0. The lowest BCUT2D eigenvalue weighted by Gasteiger charge is -2.18. The van der Waals surface area contributed by atoms with E-state index in [0.29, 0.717) is 6.04 Å². The maximum absolute atomic E-state index is 3.66. The van der Waals surface area contributed by atoms with Crippen LogP contribution >= 0.6 is 0 Å². The van der Waals surface area contributed by atoms with Crippen LogP contribution < -0.4 is 10.6 Å². The average Bonchev–Trinajstić information content (AvgIpc) is 2.90. The second kappa shape index (κ2) is 6.41. The van der Waals surface area contributed by atoms with Crippen LogP contribution in [0.2, 0.25) is 0 Å². The van der Waals surface area contributed by atoms with Crippen molar-refractivity contribution in [1.29, 1.82) is 0 Å². The van der Waals surface area contributed by atoms with Crippen molar-refractivity contribution < 1.29 is 0 Å². The summed E-state index contributed by atoms with van der Waals surface area (Å²) < 4.78 is 0. The van der Waals surface area contributed by atoms with Gasteiger partial charge in [-0.15, -0.1) is 0 Å². The molecule has 92 valence electrons. The van der Waals surface area contributed by atoms with Gasteiger partial charge in [0.15, 0.2) is 0 Å². The fourth-order valence-corrected chi connectivity index (χ4v) is 2.91. The molecule has 0 aromatic carbocycles. The highest BCUT2D eigenvalue weighted by Crippen LogP contribution is 2.20. The number of hydrogen-bond donors (Lipinski definition) is 2. The van der Waals surface area contributed by atoms with Crippen molar-refractivity contribution in [2.45, 2.75) is 64.0 Å². The Kier molecular flexibility index (Phi) is 4.86. The molecular weight excluding hydrogens is 196 g/mol. The summed E-state index contributed by atoms with van der Waals surface area (Å²) in [6.07, 6.45) is 11.8. The Labute approximate surface area is 99.9 Å². The van der Waals surface area contributed by atoms with Gasteiger partial charge in [0.1, 0.15) is 0 Å². The van der Waals surface area contributed by atoms with Gasteiger partial charge in [-0.2, -0.15) is 0 Å². The Morgan fingerprint density at radius 1 is 1.50 bits per heavy atom. The van der Waals surface area contributed by atoms with Crippen LogP contribution in [0.3, 0.4) is 0 Å². The molecule has 2 rings (SSSR count). The molecule has 2 N–H and O–H groups in total. The van der Waals surface area contributed by atoms with Crippen molar-refractivity contribution >= 4 is 0 Å². The molecule has 0 aromatic rings. The molecule has 1 heterocycles. The lowest BCUT2D eigenvalue weighted by atomic mass is 10.1. The number of rotatable bonds is 6. The van der Waals surface area contributed by atoms with Crippen LogP contribution in [-0.4, -0.2) is 25.2 Å². The topological polar surface area (TPSA) is 24.1 Å². The summed E-state index contributed by atoms with van der Waals surface area (Å²) in [5, 5.41) is 7.22. The second-order valence-corrected chi connectivity index (χ2v) is 5.39. The van der Waals surface area contributed by atoms with Crippen LogP contribution in [0.5, 0.6) is 0 Å². The van der Waals surface area contributed by atoms with Gasteiger partial charge in [0.2, 0.25) is 0 Å². The molecular formula is C14H26N2. The molecule has 2 aliphatic rings. The Bertz CT molecular complexity index is 229. The summed E-state index contributed by atoms with van der Waals surface area (Å²) in [5.74, 6) is 0. The lowest BCUT2D eigenvalue weighted by molar-refractivity contribution is 0.442. The predicted octanol–water partition coefficient (Wildman–Crippen LogP) is 2.61. The summed E-state index contributed by atoms with van der Waals surface area (Å²) in [4.78, 5) is 0. The molecule has 0 aromatic heterocycles. The van der Waals surface area contributed by atoms with Crippen molar-refractivity contribution in [3.63, 3.8) is 0 Å². The number of allylic oxidation sites excluding steroid dienone is 1. The van der Waals surface area contributed by atoms with Crippen LogP contribution in [0.1, 0.15) is 51.9 Å². The molecule has 0 amide bonds. The number of nitrogens with one attached hydrogen (secondary N) is 2. The standard InChI is InChI=1S/C14H26N2/c1-12(11-14-7-4-9-16-14)15-10-8-13-5-2-3-6-13/h5,12,14-16H,2-4,6-11H2,1H3. The largest absolute Gasteiger partial charge is 0.314 e. The Balaban J connectivity index is 1.54. The molecule has 2 atom stereocenters. The minimum Gasteiger partial charge on any atom is -0.314 e. The molecule has 16 heavy (non-hydrogen) atoms. The van der Waals surface area contributed by atoms with E-state index < -0.39 is 0 Å². The molecule has 1 aliphatic carbocycles. The quantitative estimate of drug-likeness (QED) is 0.675. The van der Waals surface area contributed by atoms with Gasteiger partial charge >= 0.3 is 0 Å². The van der Waals surface area contributed by atoms with Crippen LogP contribution in [-0.2, 0) is 0 Å². The average molecular weight is 222 g/mol. The first-order valence-electron chi connectivity index (χ1n) is 6.99. The maximum Gasteiger partial charge on any atom is 0.00822 e. The second-order valence-electron chi connectivity index (χ2n) is 5.39. The fourth-order valence-electron chi connectivity index (χ4n) is 2.91. The van der Waals surface area contributed by atoms with Crippen LogP contribution in [0.25, 0.3) is 0 Å². The van der Waals surface area contributed by atoms with Crippen molar-refractivity contribution in [2.75, 3.05) is 13.1 Å². The van der Waals surface area contributed by atoms with Crippen molar-refractivity contribution in [1.82, 2.24) is 10.6 Å². The molecule has 0 bridgehead atoms. The van der Waals surface area contributed by atoms with E-state index in [1.54, 1.807) is 5.57 Å². The van der Waals surface area contributed by atoms with E-state index in [4.69, 9.17) is 0 Å². The van der Waals surface area contributed by atoms with Crippen molar-refractivity contribution in [2.24, 2.45) is 0 Å². The smallest absolute Gasteiger partial charge is 0.00822 e. The van der Waals surface area contributed by atoms with Gasteiger partial charge in [0, 0.05) is 12.1 Å². The van der Waals surface area contributed by atoms with E-state index in [1.807, 2.05) is 0 Å². The SMILES string of the molecule is CC(CC1CCCN1)NCCC1=CCCC1. The monoisotopic (exact) mass is 222 g/mol. The van der Waals surface area contributed by atoms with Gasteiger partial charge in [0.05, 0.1) is 0 Å². The molecule has 0 saturated carbocycles. The highest BCUT2D eigenvalue weighted by molar-refractivity contribution is 5.07. The third-order valence-electron chi connectivity index (χ3n) is 3.87. The summed E-state index contributed by atoms with van der Waals surface area (Å²) in [6, 6.07) is 1.44. The first-order chi connectivity index (χ1) is 7.84. The van der Waals surface area contributed by atoms with Crippen LogP contribution in [0, 0.1) is 0 Å². The predicted molar refractivity (Wildman–Crippen MR) is 69.7 cm³/mol. The lowest BCUT2D eigenvalue weighted by Crippen LogP contribution is -2.34. The summed E-state index contributed by atoms with van der Waals surface area (Å²) in [6.45, 7) is 4.72. The van der Waals surface area contributed by atoms with E-state index in [-0.39, 0.29) is 0 Å². The van der Waals surface area contributed by atoms with E-state index in [0.717, 1.165) is 6.04 Å². The minimum atomic E-state index is 0.664. The van der Waals surface area contributed by atoms with Gasteiger partial charge in [-0.05, 0) is 65.0 Å². The fraction of sp³-hybridized carbons (Fsp3) is 0.857. The van der Waals surface area contributed by atoms with Crippen LogP contribution in [0.15, 0.2) is 11.6 Å². The molecule has 1 aliphatic heterocycles. The Morgan fingerprint density at radius 3 is 3.12 bits per heavy atom. The van der Waals surface area contributed by atoms with Gasteiger partial charge in [-0.25, -0.2) is 0 Å². The third kappa shape index (κ3) is 3.91. The summed E-state index contributed by atoms with van der Waals surface area (Å²) in [5.41, 5.74) is 1.68. The number of hydrogen-bond acceptors (Lipinski definition) is 2. The van der Waals surface area contributed by atoms with Gasteiger partial charge < -0.3 is 10.6 Å². The van der Waals surface area contributed by atoms with Crippen LogP contribution in [0.4, 0.5) is 0 Å². The molecule has 1 fully saturated rings. The Hall–Kier alpha value is -0.340. The molecule has 2 heteroatoms. The first-order valence-corrected chi connectivity index (χ1v) is 6.99. The van der Waals surface area contributed by atoms with E-state index >= 15 is 0 Å². The highest BCUT2D eigenvalue weighted by atomic mass is 15.0. The normalized spacial score (nSPS) is 27.1. The molecule has 0 spiro atoms. The molecule has 2 unspecified atom stereocenters. The van der Waals surface area contributed by atoms with Gasteiger partial charge in [-0.1, -0.05) is 11.6 Å². The van der Waals surface area contributed by atoms with Crippen molar-refractivity contribution in [3.05, 3.63) is 11.6 Å². The molecule has 0 radical (unpaired) electrons. The maximum atomic E-state index is 3.66. The summed E-state index contributed by atoms with van der Waals surface area (Å²) in [7, 11) is 0. The van der Waals surface area contributed by atoms with E-state index in [2.05, 4.69) is 23.6 Å². The molecule has 2 nitrogen and oxygen atoms in total. The first kappa shape index (κ1) is 12.1. The zero-order valence-electron chi connectivity index (χ0n) is 10.6. The third-order valence-corrected chi connectivity index (χ3v) is 3.87. The van der Waals surface area contributed by atoms with E-state index in [1.165, 1.54) is 58.0 Å². The van der Waals surface area contributed by atoms with E-state index in [9.17, 15) is 0 Å².